The number of benzene rings is 2. The highest BCUT2D eigenvalue weighted by atomic mass is 32.2. The van der Waals surface area contributed by atoms with E-state index in [-0.39, 0.29) is 5.82 Å². The number of nitrogens with zero attached hydrogens (tertiary/aromatic N) is 2. The number of hydrogen-bond acceptors (Lipinski definition) is 3. The van der Waals surface area contributed by atoms with Crippen LogP contribution in [0.2, 0.25) is 0 Å². The SMILES string of the molecule is O=S(=O)(c1ccccc1)N1C[C@H]2CN(Cc3ccccc3F)C[C@@H]2C1. The third-order valence-corrected chi connectivity index (χ3v) is 7.11. The summed E-state index contributed by atoms with van der Waals surface area (Å²) < 4.78 is 40.9. The zero-order valence-corrected chi connectivity index (χ0v) is 14.7. The molecule has 2 aliphatic rings. The highest BCUT2D eigenvalue weighted by Crippen LogP contribution is 2.34. The lowest BCUT2D eigenvalue weighted by Crippen LogP contribution is -2.33. The molecule has 4 nitrogen and oxygen atoms in total. The van der Waals surface area contributed by atoms with Gasteiger partial charge in [-0.25, -0.2) is 12.8 Å². The smallest absolute Gasteiger partial charge is 0.243 e. The lowest BCUT2D eigenvalue weighted by molar-refractivity contribution is 0.286. The molecule has 0 amide bonds. The van der Waals surface area contributed by atoms with E-state index in [4.69, 9.17) is 0 Å². The Bertz CT molecular complexity index is 843. The largest absolute Gasteiger partial charge is 0.298 e. The highest BCUT2D eigenvalue weighted by Gasteiger charge is 2.44. The molecule has 4 rings (SSSR count). The lowest BCUT2D eigenvalue weighted by atomic mass is 10.0. The first-order valence-electron chi connectivity index (χ1n) is 8.55. The zero-order chi connectivity index (χ0) is 17.4. The Labute approximate surface area is 147 Å². The molecule has 0 bridgehead atoms. The molecule has 0 aromatic heterocycles. The van der Waals surface area contributed by atoms with Crippen molar-refractivity contribution in [3.63, 3.8) is 0 Å². The Hall–Kier alpha value is -1.76. The van der Waals surface area contributed by atoms with Gasteiger partial charge in [-0.3, -0.25) is 4.90 Å². The Morgan fingerprint density at radius 2 is 1.48 bits per heavy atom. The summed E-state index contributed by atoms with van der Waals surface area (Å²) in [5.74, 6) is 0.475. The fourth-order valence-electron chi connectivity index (χ4n) is 3.98. The zero-order valence-electron chi connectivity index (χ0n) is 13.9. The monoisotopic (exact) mass is 360 g/mol. The molecular weight excluding hydrogens is 339 g/mol. The van der Waals surface area contributed by atoms with E-state index in [1.807, 2.05) is 18.2 Å². The predicted molar refractivity (Wildman–Crippen MR) is 93.9 cm³/mol. The Morgan fingerprint density at radius 1 is 0.880 bits per heavy atom. The average Bonchev–Trinajstić information content (AvgIpc) is 3.17. The summed E-state index contributed by atoms with van der Waals surface area (Å²) in [6, 6.07) is 15.5. The van der Waals surface area contributed by atoms with E-state index in [1.165, 1.54) is 6.07 Å². The summed E-state index contributed by atoms with van der Waals surface area (Å²) in [6.07, 6.45) is 0. The van der Waals surface area contributed by atoms with Crippen LogP contribution >= 0.6 is 0 Å². The van der Waals surface area contributed by atoms with Crippen molar-refractivity contribution >= 4 is 10.0 Å². The number of likely N-dealkylation sites (tertiary alicyclic amines) is 1. The molecular formula is C19H21FN2O2S. The first-order valence-corrected chi connectivity index (χ1v) is 9.99. The summed E-state index contributed by atoms with van der Waals surface area (Å²) >= 11 is 0. The molecule has 0 radical (unpaired) electrons. The second kappa shape index (κ2) is 6.52. The summed E-state index contributed by atoms with van der Waals surface area (Å²) in [6.45, 7) is 3.33. The van der Waals surface area contributed by atoms with Crippen molar-refractivity contribution in [1.82, 2.24) is 9.21 Å². The standard InChI is InChI=1S/C19H21FN2O2S/c20-19-9-5-4-6-15(19)10-21-11-16-13-22(14-17(16)12-21)25(23,24)18-7-2-1-3-8-18/h1-9,16-17H,10-14H2/t16-,17-/m1/s1. The molecule has 0 saturated carbocycles. The van der Waals surface area contributed by atoms with Crippen LogP contribution in [0, 0.1) is 17.7 Å². The van der Waals surface area contributed by atoms with Crippen molar-refractivity contribution in [1.29, 1.82) is 0 Å². The number of fused-ring (bicyclic) bond motifs is 1. The van der Waals surface area contributed by atoms with Gasteiger partial charge in [0.25, 0.3) is 0 Å². The minimum absolute atomic E-state index is 0.173. The molecule has 2 saturated heterocycles. The maximum Gasteiger partial charge on any atom is 0.243 e. The molecule has 2 aromatic carbocycles. The highest BCUT2D eigenvalue weighted by molar-refractivity contribution is 7.89. The second-order valence-electron chi connectivity index (χ2n) is 6.94. The van der Waals surface area contributed by atoms with Crippen LogP contribution in [0.4, 0.5) is 4.39 Å². The minimum Gasteiger partial charge on any atom is -0.298 e. The molecule has 2 aliphatic heterocycles. The fourth-order valence-corrected chi connectivity index (χ4v) is 5.56. The Kier molecular flexibility index (Phi) is 4.35. The van der Waals surface area contributed by atoms with Gasteiger partial charge in [-0.2, -0.15) is 4.31 Å². The van der Waals surface area contributed by atoms with Crippen LogP contribution in [-0.2, 0) is 16.6 Å². The maximum atomic E-state index is 13.8. The number of rotatable bonds is 4. The van der Waals surface area contributed by atoms with Gasteiger partial charge < -0.3 is 0 Å². The van der Waals surface area contributed by atoms with E-state index in [2.05, 4.69) is 4.90 Å². The molecule has 25 heavy (non-hydrogen) atoms. The Balaban J connectivity index is 1.42. The van der Waals surface area contributed by atoms with Gasteiger partial charge in [-0.15, -0.1) is 0 Å². The van der Waals surface area contributed by atoms with Gasteiger partial charge in [0.2, 0.25) is 10.0 Å². The van der Waals surface area contributed by atoms with Crippen molar-refractivity contribution < 1.29 is 12.8 Å². The van der Waals surface area contributed by atoms with Crippen LogP contribution in [0.5, 0.6) is 0 Å². The van der Waals surface area contributed by atoms with Gasteiger partial charge >= 0.3 is 0 Å². The minimum atomic E-state index is -3.41. The molecule has 6 heteroatoms. The molecule has 132 valence electrons. The van der Waals surface area contributed by atoms with Crippen LogP contribution in [0.25, 0.3) is 0 Å². The van der Waals surface area contributed by atoms with Gasteiger partial charge in [-0.1, -0.05) is 36.4 Å². The van der Waals surface area contributed by atoms with Crippen LogP contribution in [0.3, 0.4) is 0 Å². The van der Waals surface area contributed by atoms with Gasteiger partial charge in [0, 0.05) is 38.3 Å². The third kappa shape index (κ3) is 3.21. The van der Waals surface area contributed by atoms with E-state index < -0.39 is 10.0 Å². The summed E-state index contributed by atoms with van der Waals surface area (Å²) in [5, 5.41) is 0. The van der Waals surface area contributed by atoms with Crippen LogP contribution < -0.4 is 0 Å². The second-order valence-corrected chi connectivity index (χ2v) is 8.88. The summed E-state index contributed by atoms with van der Waals surface area (Å²) in [5.41, 5.74) is 0.705. The van der Waals surface area contributed by atoms with Gasteiger partial charge in [0.1, 0.15) is 5.82 Å². The van der Waals surface area contributed by atoms with Gasteiger partial charge in [0.15, 0.2) is 0 Å². The van der Waals surface area contributed by atoms with Gasteiger partial charge in [-0.05, 0) is 30.0 Å². The molecule has 2 heterocycles. The quantitative estimate of drug-likeness (QED) is 0.841. The van der Waals surface area contributed by atoms with E-state index in [1.54, 1.807) is 34.6 Å². The molecule has 2 atom stereocenters. The topological polar surface area (TPSA) is 40.6 Å². The maximum absolute atomic E-state index is 13.8. The predicted octanol–water partition coefficient (Wildman–Crippen LogP) is 2.58. The average molecular weight is 360 g/mol. The Morgan fingerprint density at radius 3 is 2.12 bits per heavy atom. The van der Waals surface area contributed by atoms with Crippen molar-refractivity contribution in [2.24, 2.45) is 11.8 Å². The van der Waals surface area contributed by atoms with E-state index in [0.29, 0.717) is 41.9 Å². The number of halogens is 1. The molecule has 0 spiro atoms. The molecule has 2 aromatic rings. The van der Waals surface area contributed by atoms with Crippen LogP contribution in [-0.4, -0.2) is 43.8 Å². The van der Waals surface area contributed by atoms with Crippen molar-refractivity contribution in [3.8, 4) is 0 Å². The normalized spacial score (nSPS) is 24.5. The first-order chi connectivity index (χ1) is 12.0. The van der Waals surface area contributed by atoms with Gasteiger partial charge in [0.05, 0.1) is 4.90 Å². The molecule has 0 unspecified atom stereocenters. The number of hydrogen-bond donors (Lipinski definition) is 0. The fraction of sp³-hybridized carbons (Fsp3) is 0.368. The first kappa shape index (κ1) is 16.7. The van der Waals surface area contributed by atoms with Crippen molar-refractivity contribution in [2.45, 2.75) is 11.4 Å². The third-order valence-electron chi connectivity index (χ3n) is 5.26. The van der Waals surface area contributed by atoms with E-state index in [0.717, 1.165) is 13.1 Å². The van der Waals surface area contributed by atoms with E-state index >= 15 is 0 Å². The summed E-state index contributed by atoms with van der Waals surface area (Å²) in [4.78, 5) is 2.60. The molecule has 2 fully saturated rings. The molecule has 0 aliphatic carbocycles. The van der Waals surface area contributed by atoms with E-state index in [9.17, 15) is 12.8 Å². The number of sulfonamides is 1. The van der Waals surface area contributed by atoms with Crippen LogP contribution in [0.15, 0.2) is 59.5 Å². The van der Waals surface area contributed by atoms with Crippen molar-refractivity contribution in [2.75, 3.05) is 26.2 Å². The molecule has 0 N–H and O–H groups in total. The van der Waals surface area contributed by atoms with Crippen molar-refractivity contribution in [3.05, 3.63) is 66.0 Å². The van der Waals surface area contributed by atoms with Crippen LogP contribution in [0.1, 0.15) is 5.56 Å². The summed E-state index contributed by atoms with van der Waals surface area (Å²) in [7, 11) is -3.41. The lowest BCUT2D eigenvalue weighted by Gasteiger charge is -2.21.